The molecule has 1 fully saturated rings. The number of piperidine rings is 1. The number of hydrogen-bond donors (Lipinski definition) is 1. The van der Waals surface area contributed by atoms with Gasteiger partial charge < -0.3 is 19.7 Å². The van der Waals surface area contributed by atoms with Crippen LogP contribution in [0.15, 0.2) is 24.3 Å². The molecule has 0 saturated carbocycles. The largest absolute Gasteiger partial charge is 0.481 e. The number of amides is 2. The van der Waals surface area contributed by atoms with Crippen LogP contribution in [0.1, 0.15) is 64.9 Å². The second-order valence-corrected chi connectivity index (χ2v) is 7.82. The van der Waals surface area contributed by atoms with Gasteiger partial charge in [-0.3, -0.25) is 9.59 Å². The highest BCUT2D eigenvalue weighted by molar-refractivity contribution is 5.84. The van der Waals surface area contributed by atoms with Crippen LogP contribution in [-0.4, -0.2) is 47.7 Å². The summed E-state index contributed by atoms with van der Waals surface area (Å²) in [7, 11) is 0. The zero-order valence-electron chi connectivity index (χ0n) is 17.4. The summed E-state index contributed by atoms with van der Waals surface area (Å²) in [6.07, 6.45) is 1.38. The molecule has 6 nitrogen and oxygen atoms in total. The van der Waals surface area contributed by atoms with Crippen molar-refractivity contribution >= 4 is 17.6 Å². The molecule has 6 heteroatoms. The average molecular weight is 389 g/mol. The van der Waals surface area contributed by atoms with E-state index < -0.39 is 6.10 Å². The van der Waals surface area contributed by atoms with E-state index in [0.29, 0.717) is 31.8 Å². The number of benzene rings is 1. The average Bonchev–Trinajstić information content (AvgIpc) is 2.66. The maximum absolute atomic E-state index is 12.8. The van der Waals surface area contributed by atoms with Crippen LogP contribution in [-0.2, 0) is 14.4 Å². The van der Waals surface area contributed by atoms with E-state index in [2.05, 4.69) is 19.2 Å². The number of ketones is 1. The minimum absolute atomic E-state index is 0.0172. The van der Waals surface area contributed by atoms with Crippen molar-refractivity contribution in [2.75, 3.05) is 13.1 Å². The lowest BCUT2D eigenvalue weighted by atomic mass is 10.0. The van der Waals surface area contributed by atoms with E-state index in [1.54, 1.807) is 11.8 Å². The molecule has 28 heavy (non-hydrogen) atoms. The van der Waals surface area contributed by atoms with Gasteiger partial charge in [-0.25, -0.2) is 0 Å². The molecule has 1 aromatic rings. The summed E-state index contributed by atoms with van der Waals surface area (Å²) in [5.74, 6) is 0.970. The molecular weight excluding hydrogens is 356 g/mol. The Balaban J connectivity index is 1.83. The van der Waals surface area contributed by atoms with Gasteiger partial charge in [0.25, 0.3) is 5.91 Å². The molecule has 1 aliphatic heterocycles. The third kappa shape index (κ3) is 6.36. The van der Waals surface area contributed by atoms with Gasteiger partial charge in [-0.2, -0.15) is 0 Å². The number of nitrogens with zero attached hydrogens (tertiary/aromatic N) is 1. The summed E-state index contributed by atoms with van der Waals surface area (Å²) < 4.78 is 5.97. The minimum Gasteiger partial charge on any atom is -0.481 e. The fourth-order valence-corrected chi connectivity index (χ4v) is 3.40. The van der Waals surface area contributed by atoms with Crippen LogP contribution in [0.2, 0.25) is 0 Å². The highest BCUT2D eigenvalue weighted by atomic mass is 16.5. The quantitative estimate of drug-likeness (QED) is 0.743. The monoisotopic (exact) mass is 388 g/mol. The van der Waals surface area contributed by atoms with E-state index in [1.807, 2.05) is 24.3 Å². The molecule has 154 valence electrons. The van der Waals surface area contributed by atoms with Crippen molar-refractivity contribution < 1.29 is 19.1 Å². The van der Waals surface area contributed by atoms with Crippen LogP contribution >= 0.6 is 0 Å². The number of nitrogens with one attached hydrogen (secondary N) is 1. The van der Waals surface area contributed by atoms with Crippen molar-refractivity contribution in [3.8, 4) is 5.75 Å². The predicted molar refractivity (Wildman–Crippen MR) is 108 cm³/mol. The molecule has 1 N–H and O–H groups in total. The maximum atomic E-state index is 12.8. The Hall–Kier alpha value is -2.37. The number of carbonyl (C=O) groups is 3. The Bertz CT molecular complexity index is 694. The molecule has 1 atom stereocenters. The molecule has 1 saturated heterocycles. The van der Waals surface area contributed by atoms with Gasteiger partial charge in [-0.15, -0.1) is 0 Å². The molecule has 0 aliphatic carbocycles. The van der Waals surface area contributed by atoms with Crippen LogP contribution in [0, 0.1) is 0 Å². The van der Waals surface area contributed by atoms with E-state index in [4.69, 9.17) is 4.74 Å². The number of para-hydroxylation sites is 1. The van der Waals surface area contributed by atoms with E-state index in [-0.39, 0.29) is 36.5 Å². The first kappa shape index (κ1) is 21.9. The summed E-state index contributed by atoms with van der Waals surface area (Å²) in [5, 5.41) is 2.96. The SMILES string of the molecule is CC(=O)CCC(=O)NC1CCN(C(=O)C(C)Oc2ccccc2C(C)C)CC1. The predicted octanol–water partition coefficient (Wildman–Crippen LogP) is 3.05. The maximum Gasteiger partial charge on any atom is 0.263 e. The third-order valence-corrected chi connectivity index (χ3v) is 5.07. The van der Waals surface area contributed by atoms with Crippen molar-refractivity contribution in [2.45, 2.75) is 71.4 Å². The summed E-state index contributed by atoms with van der Waals surface area (Å²) in [6, 6.07) is 7.88. The van der Waals surface area contributed by atoms with Gasteiger partial charge in [-0.05, 0) is 44.2 Å². The third-order valence-electron chi connectivity index (χ3n) is 5.07. The zero-order chi connectivity index (χ0) is 20.7. The van der Waals surface area contributed by atoms with Crippen molar-refractivity contribution in [3.63, 3.8) is 0 Å². The Morgan fingerprint density at radius 2 is 1.75 bits per heavy atom. The van der Waals surface area contributed by atoms with Crippen LogP contribution < -0.4 is 10.1 Å². The molecule has 1 heterocycles. The van der Waals surface area contributed by atoms with E-state index in [1.165, 1.54) is 6.92 Å². The normalized spacial score (nSPS) is 16.0. The second kappa shape index (κ2) is 10.2. The first-order valence-electron chi connectivity index (χ1n) is 10.1. The second-order valence-electron chi connectivity index (χ2n) is 7.82. The highest BCUT2D eigenvalue weighted by Gasteiger charge is 2.28. The van der Waals surface area contributed by atoms with Gasteiger partial charge in [0.05, 0.1) is 0 Å². The summed E-state index contributed by atoms with van der Waals surface area (Å²) in [6.45, 7) is 8.66. The Morgan fingerprint density at radius 1 is 1.11 bits per heavy atom. The van der Waals surface area contributed by atoms with Crippen LogP contribution in [0.5, 0.6) is 5.75 Å². The van der Waals surface area contributed by atoms with E-state index in [0.717, 1.165) is 11.3 Å². The molecule has 2 amide bonds. The topological polar surface area (TPSA) is 75.7 Å². The van der Waals surface area contributed by atoms with E-state index in [9.17, 15) is 14.4 Å². The number of likely N-dealkylation sites (tertiary alicyclic amines) is 1. The van der Waals surface area contributed by atoms with Crippen LogP contribution in [0.4, 0.5) is 0 Å². The van der Waals surface area contributed by atoms with Gasteiger partial charge in [0.15, 0.2) is 6.10 Å². The number of Topliss-reactive ketones (excluding diaryl/α,β-unsaturated/α-hetero) is 1. The molecule has 1 aromatic carbocycles. The first-order chi connectivity index (χ1) is 13.3. The van der Waals surface area contributed by atoms with Gasteiger partial charge >= 0.3 is 0 Å². The van der Waals surface area contributed by atoms with Gasteiger partial charge in [0, 0.05) is 32.0 Å². The smallest absolute Gasteiger partial charge is 0.263 e. The van der Waals surface area contributed by atoms with Crippen molar-refractivity contribution in [1.29, 1.82) is 0 Å². The molecule has 0 radical (unpaired) electrons. The van der Waals surface area contributed by atoms with Gasteiger partial charge in [0.2, 0.25) is 5.91 Å². The minimum atomic E-state index is -0.554. The van der Waals surface area contributed by atoms with Crippen LogP contribution in [0.25, 0.3) is 0 Å². The van der Waals surface area contributed by atoms with Crippen LogP contribution in [0.3, 0.4) is 0 Å². The molecular formula is C22H32N2O4. The Labute approximate surface area is 167 Å². The first-order valence-corrected chi connectivity index (χ1v) is 10.1. The number of rotatable bonds is 8. The fourth-order valence-electron chi connectivity index (χ4n) is 3.40. The Morgan fingerprint density at radius 3 is 2.36 bits per heavy atom. The lowest BCUT2D eigenvalue weighted by Gasteiger charge is -2.34. The van der Waals surface area contributed by atoms with Crippen molar-refractivity contribution in [2.24, 2.45) is 0 Å². The summed E-state index contributed by atoms with van der Waals surface area (Å²) in [5.41, 5.74) is 1.09. The molecule has 0 bridgehead atoms. The number of ether oxygens (including phenoxy) is 1. The number of hydrogen-bond acceptors (Lipinski definition) is 4. The molecule has 1 aliphatic rings. The molecule has 0 spiro atoms. The summed E-state index contributed by atoms with van der Waals surface area (Å²) in [4.78, 5) is 37.4. The standard InChI is InChI=1S/C22H32N2O4/c1-15(2)19-7-5-6-8-20(19)28-17(4)22(27)24-13-11-18(12-14-24)23-21(26)10-9-16(3)25/h5-8,15,17-18H,9-14H2,1-4H3,(H,23,26). The van der Waals surface area contributed by atoms with E-state index >= 15 is 0 Å². The fraction of sp³-hybridized carbons (Fsp3) is 0.591. The van der Waals surface area contributed by atoms with Crippen molar-refractivity contribution in [3.05, 3.63) is 29.8 Å². The Kier molecular flexibility index (Phi) is 8.03. The lowest BCUT2D eigenvalue weighted by molar-refractivity contribution is -0.139. The van der Waals surface area contributed by atoms with Crippen molar-refractivity contribution in [1.82, 2.24) is 10.2 Å². The molecule has 1 unspecified atom stereocenters. The zero-order valence-corrected chi connectivity index (χ0v) is 17.4. The summed E-state index contributed by atoms with van der Waals surface area (Å²) >= 11 is 0. The van der Waals surface area contributed by atoms with Gasteiger partial charge in [0.1, 0.15) is 11.5 Å². The molecule has 0 aromatic heterocycles. The molecule has 2 rings (SSSR count). The lowest BCUT2D eigenvalue weighted by Crippen LogP contribution is -2.49. The highest BCUT2D eigenvalue weighted by Crippen LogP contribution is 2.27. The number of carbonyl (C=O) groups excluding carboxylic acids is 3. The van der Waals surface area contributed by atoms with Gasteiger partial charge in [-0.1, -0.05) is 32.0 Å².